The summed E-state index contributed by atoms with van der Waals surface area (Å²) in [5.74, 6) is -0.437. The predicted molar refractivity (Wildman–Crippen MR) is 93.0 cm³/mol. The van der Waals surface area contributed by atoms with Crippen LogP contribution in [0.25, 0.3) is 11.2 Å². The summed E-state index contributed by atoms with van der Waals surface area (Å²) in [6, 6.07) is 8.69. The van der Waals surface area contributed by atoms with Crippen LogP contribution in [0, 0.1) is 0 Å². The molecular weight excluding hydrogens is 375 g/mol. The lowest BCUT2D eigenvalue weighted by Gasteiger charge is -2.16. The van der Waals surface area contributed by atoms with E-state index in [0.29, 0.717) is 23.1 Å². The number of hydrogen-bond donors (Lipinski definition) is 0. The van der Waals surface area contributed by atoms with Crippen LogP contribution in [0.4, 0.5) is 4.39 Å². The van der Waals surface area contributed by atoms with Crippen molar-refractivity contribution in [3.8, 4) is 0 Å². The van der Waals surface area contributed by atoms with Gasteiger partial charge in [-0.05, 0) is 12.1 Å². The summed E-state index contributed by atoms with van der Waals surface area (Å²) in [6.45, 7) is 0. The van der Waals surface area contributed by atoms with Gasteiger partial charge in [0, 0.05) is 12.8 Å². The van der Waals surface area contributed by atoms with E-state index in [0.717, 1.165) is 0 Å². The molecule has 1 saturated carbocycles. The molecule has 2 unspecified atom stereocenters. The third kappa shape index (κ3) is 2.67. The van der Waals surface area contributed by atoms with Gasteiger partial charge in [-0.15, -0.1) is 0 Å². The Balaban J connectivity index is 1.34. The minimum atomic E-state index is -1.28. The van der Waals surface area contributed by atoms with Crippen molar-refractivity contribution in [2.45, 2.75) is 36.9 Å². The molecule has 2 fully saturated rings. The highest BCUT2D eigenvalue weighted by atomic mass is 35.5. The van der Waals surface area contributed by atoms with Crippen LogP contribution < -0.4 is 0 Å². The van der Waals surface area contributed by atoms with Crippen molar-refractivity contribution in [1.29, 1.82) is 0 Å². The largest absolute Gasteiger partial charge is 0.456 e. The topological polar surface area (TPSA) is 79.1 Å². The van der Waals surface area contributed by atoms with Crippen LogP contribution >= 0.6 is 11.6 Å². The van der Waals surface area contributed by atoms with E-state index in [4.69, 9.17) is 21.1 Å². The van der Waals surface area contributed by atoms with Crippen molar-refractivity contribution in [3.05, 3.63) is 53.7 Å². The number of ether oxygens (including phenoxy) is 2. The van der Waals surface area contributed by atoms with Crippen molar-refractivity contribution in [2.75, 3.05) is 0 Å². The number of rotatable bonds is 3. The molecule has 3 heterocycles. The van der Waals surface area contributed by atoms with Gasteiger partial charge in [-0.3, -0.25) is 4.57 Å². The lowest BCUT2D eigenvalue weighted by atomic mass is 10.2. The second kappa shape index (κ2) is 5.97. The Hall–Kier alpha value is -2.58. The van der Waals surface area contributed by atoms with Gasteiger partial charge in [-0.1, -0.05) is 29.8 Å². The maximum Gasteiger partial charge on any atom is 0.338 e. The van der Waals surface area contributed by atoms with E-state index in [1.807, 2.05) is 6.07 Å². The normalized spacial score (nSPS) is 29.3. The lowest BCUT2D eigenvalue weighted by molar-refractivity contribution is -0.0503. The number of alkyl halides is 1. The number of carbonyl (C=O) groups is 1. The molecule has 5 rings (SSSR count). The Kier molecular flexibility index (Phi) is 3.66. The Morgan fingerprint density at radius 1 is 1.26 bits per heavy atom. The Bertz CT molecular complexity index is 1030. The van der Waals surface area contributed by atoms with E-state index >= 15 is 0 Å². The van der Waals surface area contributed by atoms with Gasteiger partial charge in [-0.25, -0.2) is 24.1 Å². The molecule has 9 heteroatoms. The molecule has 0 bridgehead atoms. The summed E-state index contributed by atoms with van der Waals surface area (Å²) in [6.07, 6.45) is 0.685. The summed E-state index contributed by atoms with van der Waals surface area (Å²) < 4.78 is 27.8. The average molecular weight is 389 g/mol. The first-order chi connectivity index (χ1) is 13.1. The van der Waals surface area contributed by atoms with Gasteiger partial charge in [0.2, 0.25) is 0 Å². The van der Waals surface area contributed by atoms with E-state index in [1.165, 1.54) is 17.2 Å². The third-order valence-corrected chi connectivity index (χ3v) is 5.29. The molecule has 1 aliphatic carbocycles. The highest BCUT2D eigenvalue weighted by Gasteiger charge is 2.66. The first-order valence-electron chi connectivity index (χ1n) is 8.48. The highest BCUT2D eigenvalue weighted by Crippen LogP contribution is 2.55. The molecule has 138 valence electrons. The van der Waals surface area contributed by atoms with Crippen molar-refractivity contribution in [3.63, 3.8) is 0 Å². The number of esters is 1. The van der Waals surface area contributed by atoms with Crippen molar-refractivity contribution >= 4 is 28.7 Å². The zero-order chi connectivity index (χ0) is 18.6. The van der Waals surface area contributed by atoms with E-state index in [9.17, 15) is 9.18 Å². The molecular formula is C18H14ClFN4O3. The van der Waals surface area contributed by atoms with Crippen LogP contribution in [-0.2, 0) is 9.47 Å². The van der Waals surface area contributed by atoms with Crippen molar-refractivity contribution in [2.24, 2.45) is 0 Å². The quantitative estimate of drug-likeness (QED) is 0.506. The number of hydrogen-bond acceptors (Lipinski definition) is 6. The number of benzene rings is 1. The zero-order valence-corrected chi connectivity index (χ0v) is 14.7. The Labute approximate surface area is 158 Å². The fraction of sp³-hybridized carbons (Fsp3) is 0.333. The third-order valence-electron chi connectivity index (χ3n) is 5.01. The van der Waals surface area contributed by atoms with Crippen LogP contribution in [0.3, 0.4) is 0 Å². The summed E-state index contributed by atoms with van der Waals surface area (Å²) >= 11 is 6.00. The maximum absolute atomic E-state index is 14.8. The summed E-state index contributed by atoms with van der Waals surface area (Å²) in [5.41, 5.74) is 0.442. The predicted octanol–water partition coefficient (Wildman–Crippen LogP) is 3.10. The monoisotopic (exact) mass is 388 g/mol. The molecule has 3 aromatic rings. The van der Waals surface area contributed by atoms with Gasteiger partial charge < -0.3 is 9.47 Å². The minimum absolute atomic E-state index is 0.142. The number of imidazole rings is 1. The molecule has 1 aromatic carbocycles. The molecule has 1 spiro atoms. The Morgan fingerprint density at radius 3 is 2.89 bits per heavy atom. The Morgan fingerprint density at radius 2 is 2.07 bits per heavy atom. The van der Waals surface area contributed by atoms with Crippen LogP contribution in [0.5, 0.6) is 0 Å². The summed E-state index contributed by atoms with van der Waals surface area (Å²) in [5, 5.41) is 0.197. The van der Waals surface area contributed by atoms with E-state index in [1.54, 1.807) is 24.3 Å². The average Bonchev–Trinajstić information content (AvgIpc) is 3.01. The molecule has 1 aliphatic heterocycles. The summed E-state index contributed by atoms with van der Waals surface area (Å²) in [7, 11) is 0. The van der Waals surface area contributed by atoms with E-state index in [-0.39, 0.29) is 11.6 Å². The fourth-order valence-corrected chi connectivity index (χ4v) is 3.73. The van der Waals surface area contributed by atoms with Gasteiger partial charge in [0.15, 0.2) is 17.0 Å². The molecule has 7 nitrogen and oxygen atoms in total. The maximum atomic E-state index is 14.8. The molecule has 1 saturated heterocycles. The van der Waals surface area contributed by atoms with E-state index in [2.05, 4.69) is 15.0 Å². The highest BCUT2D eigenvalue weighted by molar-refractivity contribution is 6.33. The zero-order valence-electron chi connectivity index (χ0n) is 14.0. The van der Waals surface area contributed by atoms with E-state index < -0.39 is 30.1 Å². The number of aromatic nitrogens is 4. The lowest BCUT2D eigenvalue weighted by Crippen LogP contribution is -2.20. The fourth-order valence-electron chi connectivity index (χ4n) is 3.55. The molecule has 0 amide bonds. The van der Waals surface area contributed by atoms with Gasteiger partial charge in [0.1, 0.15) is 29.7 Å². The molecule has 27 heavy (non-hydrogen) atoms. The second-order valence-electron chi connectivity index (χ2n) is 6.75. The molecule has 2 aromatic heterocycles. The molecule has 0 radical (unpaired) electrons. The van der Waals surface area contributed by atoms with Crippen LogP contribution in [0.15, 0.2) is 43.0 Å². The smallest absolute Gasteiger partial charge is 0.338 e. The SMILES string of the molecule is O=C(O[C@@H]1CC12CC(F)[C@H](n1cnc3c(Cl)ncnc31)O2)c1ccccc1. The number of carbonyl (C=O) groups excluding carboxylic acids is 1. The van der Waals surface area contributed by atoms with Gasteiger partial charge >= 0.3 is 5.97 Å². The van der Waals surface area contributed by atoms with Crippen molar-refractivity contribution < 1.29 is 18.7 Å². The minimum Gasteiger partial charge on any atom is -0.456 e. The first-order valence-corrected chi connectivity index (χ1v) is 8.86. The van der Waals surface area contributed by atoms with Crippen LogP contribution in [0.1, 0.15) is 29.4 Å². The van der Waals surface area contributed by atoms with Gasteiger partial charge in [-0.2, -0.15) is 0 Å². The molecule has 2 aliphatic rings. The number of halogens is 2. The standard InChI is InChI=1S/C18H14ClFN4O3/c19-14-13-15(22-8-21-14)24(9-23-13)16-11(20)6-18(27-16)7-12(18)26-17(25)10-4-2-1-3-5-10/h1-5,8-9,11-12,16H,6-7H2/t11?,12-,16-,18?/m1/s1. The van der Waals surface area contributed by atoms with Gasteiger partial charge in [0.25, 0.3) is 0 Å². The van der Waals surface area contributed by atoms with Crippen molar-refractivity contribution in [1.82, 2.24) is 19.5 Å². The molecule has 0 N–H and O–H groups in total. The first kappa shape index (κ1) is 16.6. The van der Waals surface area contributed by atoms with Crippen LogP contribution in [-0.4, -0.2) is 43.4 Å². The van der Waals surface area contributed by atoms with Crippen LogP contribution in [0.2, 0.25) is 5.15 Å². The summed E-state index contributed by atoms with van der Waals surface area (Å²) in [4.78, 5) is 24.4. The van der Waals surface area contributed by atoms with Gasteiger partial charge in [0.05, 0.1) is 11.9 Å². The number of fused-ring (bicyclic) bond motifs is 1. The second-order valence-corrected chi connectivity index (χ2v) is 7.10. The number of nitrogens with zero attached hydrogens (tertiary/aromatic N) is 4. The molecule has 4 atom stereocenters.